The summed E-state index contributed by atoms with van der Waals surface area (Å²) in [5, 5.41) is 4.17. The molecular formula is C17H19N5O2. The van der Waals surface area contributed by atoms with Gasteiger partial charge in [0.15, 0.2) is 0 Å². The fraction of sp³-hybridized carbons (Fsp3) is 0.529. The van der Waals surface area contributed by atoms with Crippen LogP contribution in [0.1, 0.15) is 53.3 Å². The first-order chi connectivity index (χ1) is 11.7. The van der Waals surface area contributed by atoms with Crippen molar-refractivity contribution in [2.45, 2.75) is 44.4 Å². The Morgan fingerprint density at radius 3 is 3.00 bits per heavy atom. The Kier molecular flexibility index (Phi) is 2.85. The van der Waals surface area contributed by atoms with E-state index in [2.05, 4.69) is 15.1 Å². The average molecular weight is 325 g/mol. The van der Waals surface area contributed by atoms with Gasteiger partial charge in [-0.15, -0.1) is 0 Å². The van der Waals surface area contributed by atoms with Crippen LogP contribution in [0.3, 0.4) is 0 Å². The number of ether oxygens (including phenoxy) is 1. The third kappa shape index (κ3) is 1.94. The zero-order chi connectivity index (χ0) is 16.3. The topological polar surface area (TPSA) is 73.1 Å². The smallest absolute Gasteiger partial charge is 0.272 e. The van der Waals surface area contributed by atoms with Crippen LogP contribution in [0.5, 0.6) is 0 Å². The second-order valence-electron chi connectivity index (χ2n) is 6.84. The van der Waals surface area contributed by atoms with Crippen molar-refractivity contribution in [1.29, 1.82) is 0 Å². The van der Waals surface area contributed by atoms with Crippen LogP contribution in [0.2, 0.25) is 0 Å². The fourth-order valence-electron chi connectivity index (χ4n) is 3.65. The second kappa shape index (κ2) is 4.86. The molecule has 1 saturated heterocycles. The molecule has 2 fully saturated rings. The summed E-state index contributed by atoms with van der Waals surface area (Å²) in [7, 11) is 0. The lowest BCUT2D eigenvalue weighted by Gasteiger charge is -2.47. The molecule has 24 heavy (non-hydrogen) atoms. The van der Waals surface area contributed by atoms with Crippen molar-refractivity contribution in [1.82, 2.24) is 24.6 Å². The predicted molar refractivity (Wildman–Crippen MR) is 84.3 cm³/mol. The van der Waals surface area contributed by atoms with Gasteiger partial charge in [-0.05, 0) is 25.8 Å². The molecule has 5 rings (SSSR count). The SMILES string of the molecule is CCn1nccc1C(=O)N1CC2(C1)OCc1nc(C3CC3)ncc12. The van der Waals surface area contributed by atoms with Crippen LogP contribution in [0, 0.1) is 0 Å². The van der Waals surface area contributed by atoms with Crippen molar-refractivity contribution in [2.75, 3.05) is 13.1 Å². The highest BCUT2D eigenvalue weighted by molar-refractivity contribution is 5.93. The van der Waals surface area contributed by atoms with Crippen LogP contribution < -0.4 is 0 Å². The van der Waals surface area contributed by atoms with Gasteiger partial charge < -0.3 is 9.64 Å². The van der Waals surface area contributed by atoms with Gasteiger partial charge in [0.25, 0.3) is 5.91 Å². The Labute approximate surface area is 139 Å². The predicted octanol–water partition coefficient (Wildman–Crippen LogP) is 1.45. The van der Waals surface area contributed by atoms with E-state index in [1.54, 1.807) is 16.9 Å². The number of amides is 1. The van der Waals surface area contributed by atoms with Gasteiger partial charge >= 0.3 is 0 Å². The first kappa shape index (κ1) is 14.1. The van der Waals surface area contributed by atoms with Crippen molar-refractivity contribution in [3.8, 4) is 0 Å². The molecule has 0 radical (unpaired) electrons. The number of hydrogen-bond donors (Lipinski definition) is 0. The summed E-state index contributed by atoms with van der Waals surface area (Å²) >= 11 is 0. The van der Waals surface area contributed by atoms with Gasteiger partial charge in [0, 0.05) is 30.4 Å². The monoisotopic (exact) mass is 325 g/mol. The third-order valence-corrected chi connectivity index (χ3v) is 5.22. The molecule has 0 atom stereocenters. The molecule has 0 bridgehead atoms. The molecule has 1 saturated carbocycles. The highest BCUT2D eigenvalue weighted by Gasteiger charge is 2.53. The van der Waals surface area contributed by atoms with Gasteiger partial charge in [0.2, 0.25) is 0 Å². The Hall–Kier alpha value is -2.28. The fourth-order valence-corrected chi connectivity index (χ4v) is 3.65. The maximum Gasteiger partial charge on any atom is 0.272 e. The number of nitrogens with zero attached hydrogens (tertiary/aromatic N) is 5. The van der Waals surface area contributed by atoms with Crippen molar-refractivity contribution in [2.24, 2.45) is 0 Å². The van der Waals surface area contributed by atoms with Crippen LogP contribution >= 0.6 is 0 Å². The minimum absolute atomic E-state index is 0.00699. The van der Waals surface area contributed by atoms with E-state index in [0.29, 0.717) is 37.9 Å². The molecule has 2 aromatic rings. The Bertz CT molecular complexity index is 820. The maximum atomic E-state index is 12.6. The summed E-state index contributed by atoms with van der Waals surface area (Å²) in [5.41, 5.74) is 2.27. The Balaban J connectivity index is 1.36. The number of carbonyl (C=O) groups is 1. The van der Waals surface area contributed by atoms with E-state index >= 15 is 0 Å². The standard InChI is InChI=1S/C17H19N5O2/c1-2-22-14(5-6-19-22)16(23)21-9-17(10-21)12-7-18-15(11-3-4-11)20-13(12)8-24-17/h5-7,11H,2-4,8-10H2,1H3. The second-order valence-corrected chi connectivity index (χ2v) is 6.84. The maximum absolute atomic E-state index is 12.6. The zero-order valence-electron chi connectivity index (χ0n) is 13.6. The normalized spacial score (nSPS) is 21.0. The molecule has 0 unspecified atom stereocenters. The summed E-state index contributed by atoms with van der Waals surface area (Å²) in [5.74, 6) is 1.50. The highest BCUT2D eigenvalue weighted by Crippen LogP contribution is 2.44. The van der Waals surface area contributed by atoms with E-state index in [9.17, 15) is 4.79 Å². The van der Waals surface area contributed by atoms with E-state index in [0.717, 1.165) is 17.1 Å². The Morgan fingerprint density at radius 1 is 1.42 bits per heavy atom. The van der Waals surface area contributed by atoms with E-state index in [-0.39, 0.29) is 5.91 Å². The molecule has 4 heterocycles. The lowest BCUT2D eigenvalue weighted by Crippen LogP contribution is -2.61. The molecule has 1 spiro atoms. The third-order valence-electron chi connectivity index (χ3n) is 5.22. The van der Waals surface area contributed by atoms with Crippen LogP contribution in [0.25, 0.3) is 0 Å². The van der Waals surface area contributed by atoms with E-state index < -0.39 is 5.60 Å². The van der Waals surface area contributed by atoms with E-state index in [1.165, 1.54) is 12.8 Å². The number of aryl methyl sites for hydroxylation is 1. The quantitative estimate of drug-likeness (QED) is 0.854. The van der Waals surface area contributed by atoms with Crippen LogP contribution in [0.4, 0.5) is 0 Å². The van der Waals surface area contributed by atoms with Gasteiger partial charge in [-0.2, -0.15) is 5.10 Å². The first-order valence-electron chi connectivity index (χ1n) is 8.51. The van der Waals surface area contributed by atoms with Crippen molar-refractivity contribution in [3.05, 3.63) is 41.2 Å². The molecule has 2 aromatic heterocycles. The Morgan fingerprint density at radius 2 is 2.25 bits per heavy atom. The summed E-state index contributed by atoms with van der Waals surface area (Å²) < 4.78 is 7.76. The van der Waals surface area contributed by atoms with Crippen molar-refractivity contribution in [3.63, 3.8) is 0 Å². The molecule has 0 aromatic carbocycles. The number of aromatic nitrogens is 4. The molecule has 124 valence electrons. The van der Waals surface area contributed by atoms with Crippen LogP contribution in [-0.4, -0.2) is 43.6 Å². The molecular weight excluding hydrogens is 306 g/mol. The molecule has 3 aliphatic rings. The van der Waals surface area contributed by atoms with Crippen LogP contribution in [0.15, 0.2) is 18.5 Å². The molecule has 7 nitrogen and oxygen atoms in total. The lowest BCUT2D eigenvalue weighted by molar-refractivity contribution is -0.127. The van der Waals surface area contributed by atoms with Gasteiger partial charge in [0.05, 0.1) is 25.4 Å². The van der Waals surface area contributed by atoms with Gasteiger partial charge in [0.1, 0.15) is 17.1 Å². The lowest BCUT2D eigenvalue weighted by atomic mass is 9.87. The zero-order valence-corrected chi connectivity index (χ0v) is 13.6. The number of hydrogen-bond acceptors (Lipinski definition) is 5. The van der Waals surface area contributed by atoms with Crippen LogP contribution in [-0.2, 0) is 23.5 Å². The van der Waals surface area contributed by atoms with E-state index in [1.807, 2.05) is 18.0 Å². The van der Waals surface area contributed by atoms with Gasteiger partial charge in [-0.25, -0.2) is 9.97 Å². The number of fused-ring (bicyclic) bond motifs is 2. The number of rotatable bonds is 3. The molecule has 7 heteroatoms. The van der Waals surface area contributed by atoms with Gasteiger partial charge in [-0.3, -0.25) is 9.48 Å². The average Bonchev–Trinajstić information content (AvgIpc) is 3.19. The molecule has 1 aliphatic carbocycles. The summed E-state index contributed by atoms with van der Waals surface area (Å²) in [4.78, 5) is 23.7. The minimum atomic E-state index is -0.413. The molecule has 0 N–H and O–H groups in total. The summed E-state index contributed by atoms with van der Waals surface area (Å²) in [6, 6.07) is 1.77. The first-order valence-corrected chi connectivity index (χ1v) is 8.51. The summed E-state index contributed by atoms with van der Waals surface area (Å²) in [6.45, 7) is 4.29. The van der Waals surface area contributed by atoms with E-state index in [4.69, 9.17) is 4.74 Å². The molecule has 1 amide bonds. The number of carbonyl (C=O) groups excluding carboxylic acids is 1. The highest BCUT2D eigenvalue weighted by atomic mass is 16.5. The molecule has 2 aliphatic heterocycles. The minimum Gasteiger partial charge on any atom is -0.360 e. The summed E-state index contributed by atoms with van der Waals surface area (Å²) in [6.07, 6.45) is 5.97. The van der Waals surface area contributed by atoms with Crippen molar-refractivity contribution >= 4 is 5.91 Å². The van der Waals surface area contributed by atoms with Gasteiger partial charge in [-0.1, -0.05) is 0 Å². The largest absolute Gasteiger partial charge is 0.360 e. The van der Waals surface area contributed by atoms with Crippen molar-refractivity contribution < 1.29 is 9.53 Å². The number of likely N-dealkylation sites (tertiary alicyclic amines) is 1.